The Kier molecular flexibility index (Phi) is 5.11. The first kappa shape index (κ1) is 16.5. The van der Waals surface area contributed by atoms with Gasteiger partial charge in [-0.15, -0.1) is 0 Å². The molecule has 21 heavy (non-hydrogen) atoms. The van der Waals surface area contributed by atoms with Crippen LogP contribution in [0.2, 0.25) is 0 Å². The number of carbonyl (C=O) groups excluding carboxylic acids is 2. The molecule has 0 unspecified atom stereocenters. The molecule has 2 saturated carbocycles. The normalized spacial score (nSPS) is 28.0. The second-order valence-corrected chi connectivity index (χ2v) is 8.03. The second kappa shape index (κ2) is 6.50. The maximum absolute atomic E-state index is 12.5. The van der Waals surface area contributed by atoms with E-state index in [-0.39, 0.29) is 29.1 Å². The van der Waals surface area contributed by atoms with Crippen molar-refractivity contribution in [3.05, 3.63) is 0 Å². The van der Waals surface area contributed by atoms with Crippen LogP contribution in [0.15, 0.2) is 0 Å². The van der Waals surface area contributed by atoms with Gasteiger partial charge in [-0.2, -0.15) is 0 Å². The van der Waals surface area contributed by atoms with Gasteiger partial charge < -0.3 is 5.32 Å². The highest BCUT2D eigenvalue weighted by Crippen LogP contribution is 2.49. The standard InChI is InChI=1S/C18H31NO2/c1-5-15(20)16(18(2,3)4)19-17(21)14-11-13(14)12-9-7-6-8-10-12/h12-14,16H,5-11H2,1-4H3,(H,19,21)/t13-,14+,16-/m1/s1. The zero-order valence-electron chi connectivity index (χ0n) is 14.1. The number of carbonyl (C=O) groups is 2. The molecule has 0 heterocycles. The average Bonchev–Trinajstić information content (AvgIpc) is 3.24. The lowest BCUT2D eigenvalue weighted by molar-refractivity contribution is -0.131. The molecule has 2 rings (SSSR count). The largest absolute Gasteiger partial charge is 0.346 e. The van der Waals surface area contributed by atoms with Gasteiger partial charge in [-0.1, -0.05) is 59.8 Å². The highest BCUT2D eigenvalue weighted by atomic mass is 16.2. The van der Waals surface area contributed by atoms with Crippen LogP contribution in [0.1, 0.15) is 72.6 Å². The lowest BCUT2D eigenvalue weighted by Crippen LogP contribution is -2.49. The highest BCUT2D eigenvalue weighted by molar-refractivity contribution is 5.91. The minimum atomic E-state index is -0.345. The Morgan fingerprint density at radius 2 is 1.76 bits per heavy atom. The zero-order valence-corrected chi connectivity index (χ0v) is 14.1. The van der Waals surface area contributed by atoms with Crippen molar-refractivity contribution in [3.8, 4) is 0 Å². The summed E-state index contributed by atoms with van der Waals surface area (Å²) in [4.78, 5) is 24.6. The molecule has 120 valence electrons. The molecule has 1 N–H and O–H groups in total. The van der Waals surface area contributed by atoms with Crippen molar-refractivity contribution < 1.29 is 9.59 Å². The van der Waals surface area contributed by atoms with Crippen LogP contribution in [0.25, 0.3) is 0 Å². The summed E-state index contributed by atoms with van der Waals surface area (Å²) in [7, 11) is 0. The molecule has 3 heteroatoms. The van der Waals surface area contributed by atoms with Crippen LogP contribution in [0, 0.1) is 23.2 Å². The van der Waals surface area contributed by atoms with E-state index in [2.05, 4.69) is 5.32 Å². The van der Waals surface area contributed by atoms with Crippen LogP contribution in [0.5, 0.6) is 0 Å². The van der Waals surface area contributed by atoms with Crippen LogP contribution in [0.3, 0.4) is 0 Å². The molecule has 0 aliphatic heterocycles. The Morgan fingerprint density at radius 1 is 1.14 bits per heavy atom. The van der Waals surface area contributed by atoms with Crippen molar-refractivity contribution in [2.75, 3.05) is 0 Å². The van der Waals surface area contributed by atoms with E-state index in [1.807, 2.05) is 27.7 Å². The summed E-state index contributed by atoms with van der Waals surface area (Å²) in [6, 6.07) is -0.345. The Bertz CT molecular complexity index is 391. The Morgan fingerprint density at radius 3 is 2.29 bits per heavy atom. The number of hydrogen-bond acceptors (Lipinski definition) is 2. The first-order valence-corrected chi connectivity index (χ1v) is 8.67. The summed E-state index contributed by atoms with van der Waals surface area (Å²) >= 11 is 0. The molecule has 3 nitrogen and oxygen atoms in total. The maximum atomic E-state index is 12.5. The minimum Gasteiger partial charge on any atom is -0.346 e. The van der Waals surface area contributed by atoms with E-state index >= 15 is 0 Å². The van der Waals surface area contributed by atoms with E-state index in [0.717, 1.165) is 12.3 Å². The average molecular weight is 293 g/mol. The molecule has 0 radical (unpaired) electrons. The fourth-order valence-electron chi connectivity index (χ4n) is 3.83. The van der Waals surface area contributed by atoms with Gasteiger partial charge in [-0.3, -0.25) is 9.59 Å². The first-order chi connectivity index (χ1) is 9.84. The molecule has 2 aliphatic rings. The maximum Gasteiger partial charge on any atom is 0.224 e. The van der Waals surface area contributed by atoms with Crippen molar-refractivity contribution in [1.82, 2.24) is 5.32 Å². The second-order valence-electron chi connectivity index (χ2n) is 8.03. The van der Waals surface area contributed by atoms with Crippen molar-refractivity contribution in [2.24, 2.45) is 23.2 Å². The van der Waals surface area contributed by atoms with Crippen molar-refractivity contribution in [2.45, 2.75) is 78.7 Å². The Labute approximate surface area is 129 Å². The van der Waals surface area contributed by atoms with Gasteiger partial charge in [0.05, 0.1) is 6.04 Å². The van der Waals surface area contributed by atoms with E-state index in [9.17, 15) is 9.59 Å². The number of ketones is 1. The van der Waals surface area contributed by atoms with E-state index in [0.29, 0.717) is 12.3 Å². The fraction of sp³-hybridized carbons (Fsp3) is 0.889. The van der Waals surface area contributed by atoms with Crippen molar-refractivity contribution >= 4 is 11.7 Å². The summed E-state index contributed by atoms with van der Waals surface area (Å²) in [5.74, 6) is 1.77. The van der Waals surface area contributed by atoms with Gasteiger partial charge in [-0.25, -0.2) is 0 Å². The highest BCUT2D eigenvalue weighted by Gasteiger charge is 2.48. The van der Waals surface area contributed by atoms with Crippen LogP contribution < -0.4 is 5.32 Å². The number of amides is 1. The molecular formula is C18H31NO2. The Hall–Kier alpha value is -0.860. The topological polar surface area (TPSA) is 46.2 Å². The minimum absolute atomic E-state index is 0.118. The van der Waals surface area contributed by atoms with Crippen LogP contribution >= 0.6 is 0 Å². The summed E-state index contributed by atoms with van der Waals surface area (Å²) in [6.45, 7) is 7.94. The summed E-state index contributed by atoms with van der Waals surface area (Å²) < 4.78 is 0. The first-order valence-electron chi connectivity index (χ1n) is 8.67. The molecular weight excluding hydrogens is 262 g/mol. The monoisotopic (exact) mass is 293 g/mol. The molecule has 0 aromatic rings. The van der Waals surface area contributed by atoms with E-state index in [1.165, 1.54) is 32.1 Å². The predicted octanol–water partition coefficient (Wildman–Crippen LogP) is 3.71. The summed E-state index contributed by atoms with van der Waals surface area (Å²) in [5, 5.41) is 3.05. The molecule has 0 saturated heterocycles. The van der Waals surface area contributed by atoms with Crippen LogP contribution in [-0.2, 0) is 9.59 Å². The lowest BCUT2D eigenvalue weighted by atomic mass is 9.83. The van der Waals surface area contributed by atoms with Gasteiger partial charge >= 0.3 is 0 Å². The molecule has 0 bridgehead atoms. The Balaban J connectivity index is 1.90. The van der Waals surface area contributed by atoms with E-state index in [4.69, 9.17) is 0 Å². The lowest BCUT2D eigenvalue weighted by Gasteiger charge is -2.30. The third kappa shape index (κ3) is 4.08. The van der Waals surface area contributed by atoms with Gasteiger partial charge in [0.2, 0.25) is 5.91 Å². The molecule has 0 aromatic heterocycles. The smallest absolute Gasteiger partial charge is 0.224 e. The number of hydrogen-bond donors (Lipinski definition) is 1. The molecule has 0 aromatic carbocycles. The van der Waals surface area contributed by atoms with Crippen LogP contribution in [-0.4, -0.2) is 17.7 Å². The number of nitrogens with one attached hydrogen (secondary N) is 1. The molecule has 0 spiro atoms. The van der Waals surface area contributed by atoms with Crippen LogP contribution in [0.4, 0.5) is 0 Å². The number of rotatable bonds is 5. The molecule has 2 fully saturated rings. The van der Waals surface area contributed by atoms with Gasteiger partial charge in [0.1, 0.15) is 0 Å². The quantitative estimate of drug-likeness (QED) is 0.840. The van der Waals surface area contributed by atoms with Crippen molar-refractivity contribution in [1.29, 1.82) is 0 Å². The molecule has 1 amide bonds. The molecule has 3 atom stereocenters. The SMILES string of the molecule is CCC(=O)[C@@H](NC(=O)[C@H]1C[C@@H]1C1CCCCC1)C(C)(C)C. The summed E-state index contributed by atoms with van der Waals surface area (Å²) in [6.07, 6.45) is 8.13. The van der Waals surface area contributed by atoms with Gasteiger partial charge in [0.25, 0.3) is 0 Å². The fourth-order valence-corrected chi connectivity index (χ4v) is 3.83. The summed E-state index contributed by atoms with van der Waals surface area (Å²) in [5.41, 5.74) is -0.210. The predicted molar refractivity (Wildman–Crippen MR) is 84.9 cm³/mol. The zero-order chi connectivity index (χ0) is 15.6. The van der Waals surface area contributed by atoms with Gasteiger partial charge in [0, 0.05) is 12.3 Å². The molecule has 2 aliphatic carbocycles. The third-order valence-corrected chi connectivity index (χ3v) is 5.25. The number of Topliss-reactive ketones (excluding diaryl/α,β-unsaturated/α-hetero) is 1. The van der Waals surface area contributed by atoms with E-state index < -0.39 is 0 Å². The van der Waals surface area contributed by atoms with Crippen molar-refractivity contribution in [3.63, 3.8) is 0 Å². The van der Waals surface area contributed by atoms with Gasteiger partial charge in [0.15, 0.2) is 5.78 Å². The van der Waals surface area contributed by atoms with E-state index in [1.54, 1.807) is 0 Å². The third-order valence-electron chi connectivity index (χ3n) is 5.25. The van der Waals surface area contributed by atoms with Gasteiger partial charge in [-0.05, 0) is 23.7 Å².